The van der Waals surface area contributed by atoms with Crippen molar-refractivity contribution in [2.45, 2.75) is 61.9 Å². The molecule has 2 aliphatic rings. The Balaban J connectivity index is 1.38. The highest BCUT2D eigenvalue weighted by atomic mass is 32.2. The zero-order chi connectivity index (χ0) is 38.6. The maximum absolute atomic E-state index is 15.5. The van der Waals surface area contributed by atoms with E-state index in [9.17, 15) is 26.4 Å². The molecule has 2 fully saturated rings. The van der Waals surface area contributed by atoms with E-state index in [0.29, 0.717) is 37.2 Å². The summed E-state index contributed by atoms with van der Waals surface area (Å²) in [6.45, 7) is 2.52. The van der Waals surface area contributed by atoms with E-state index in [1.165, 1.54) is 52.2 Å². The minimum absolute atomic E-state index is 0.0393. The van der Waals surface area contributed by atoms with Crippen LogP contribution in [0.2, 0.25) is 0 Å². The highest BCUT2D eigenvalue weighted by Crippen LogP contribution is 2.41. The molecule has 1 amide bonds. The van der Waals surface area contributed by atoms with Gasteiger partial charge in [0.1, 0.15) is 6.10 Å². The third kappa shape index (κ3) is 9.54. The third-order valence-electron chi connectivity index (χ3n) is 9.53. The lowest BCUT2D eigenvalue weighted by molar-refractivity contribution is -0.124. The number of carbonyl (C=O) groups excluding carboxylic acids is 1. The molecule has 2 aliphatic heterocycles. The standard InChI is InChI=1S/C39H43F4N5O5S/c1-46(2)35(49)9-7-20-47-19-6-8-29(25-47)53-34-18-14-28(24-44-34)37(32(23-39(41,42)43)26-11-15-30(16-12-26)54(3,50)51)27-13-17-33-31(22-27)38(40)45-48(33)36-10-4-5-21-52-36/h7,9,11-18,22,24,29,36H,4-6,8,10,19-21,23,25H2,1-3H3/b9-7?,37-32-/t29-,36?/m1/s1. The van der Waals surface area contributed by atoms with Crippen molar-refractivity contribution in [3.8, 4) is 5.88 Å². The Kier molecular flexibility index (Phi) is 11.9. The van der Waals surface area contributed by atoms with Crippen molar-refractivity contribution in [2.24, 2.45) is 0 Å². The molecule has 2 aromatic carbocycles. The molecule has 4 heterocycles. The van der Waals surface area contributed by atoms with E-state index in [1.807, 2.05) is 6.08 Å². The lowest BCUT2D eigenvalue weighted by atomic mass is 9.88. The molecular weight excluding hydrogens is 727 g/mol. The van der Waals surface area contributed by atoms with Gasteiger partial charge in [-0.05, 0) is 91.3 Å². The third-order valence-corrected chi connectivity index (χ3v) is 10.7. The van der Waals surface area contributed by atoms with E-state index >= 15 is 4.39 Å². The number of hydrogen-bond donors (Lipinski definition) is 0. The second kappa shape index (κ2) is 16.4. The van der Waals surface area contributed by atoms with Gasteiger partial charge in [-0.25, -0.2) is 18.1 Å². The SMILES string of the molecule is CN(C)C(=O)C=CCN1CCC[C@@H](Oc2ccc(/C(=C(/CC(F)(F)F)c3ccc(S(C)(=O)=O)cc3)c3ccc4c(c3)c(F)nn4C3CCCCO3)cn2)C1. The number of nitrogens with zero attached hydrogens (tertiary/aromatic N) is 5. The van der Waals surface area contributed by atoms with Gasteiger partial charge in [-0.3, -0.25) is 9.69 Å². The van der Waals surface area contributed by atoms with Crippen LogP contribution in [-0.4, -0.2) is 97.8 Å². The molecule has 0 bridgehead atoms. The number of ether oxygens (including phenoxy) is 2. The number of sulfone groups is 1. The van der Waals surface area contributed by atoms with E-state index in [-0.39, 0.29) is 50.4 Å². The van der Waals surface area contributed by atoms with Crippen LogP contribution < -0.4 is 4.74 Å². The summed E-state index contributed by atoms with van der Waals surface area (Å²) in [5.74, 6) is -0.595. The van der Waals surface area contributed by atoms with Crippen molar-refractivity contribution in [2.75, 3.05) is 46.6 Å². The number of carbonyl (C=O) groups is 1. The zero-order valence-corrected chi connectivity index (χ0v) is 31.2. The van der Waals surface area contributed by atoms with Crippen molar-refractivity contribution < 1.29 is 40.2 Å². The van der Waals surface area contributed by atoms with Crippen molar-refractivity contribution in [3.05, 3.63) is 95.6 Å². The second-order valence-corrected chi connectivity index (χ2v) is 15.9. The van der Waals surface area contributed by atoms with Crippen LogP contribution >= 0.6 is 0 Å². The number of benzene rings is 2. The van der Waals surface area contributed by atoms with Gasteiger partial charge in [0.15, 0.2) is 16.1 Å². The fraction of sp³-hybridized carbons (Fsp3) is 0.410. The molecule has 6 rings (SSSR count). The minimum Gasteiger partial charge on any atom is -0.473 e. The lowest BCUT2D eigenvalue weighted by Gasteiger charge is -2.31. The zero-order valence-electron chi connectivity index (χ0n) is 30.4. The Morgan fingerprint density at radius 3 is 2.41 bits per heavy atom. The summed E-state index contributed by atoms with van der Waals surface area (Å²) in [6, 6.07) is 13.2. The van der Waals surface area contributed by atoms with E-state index in [1.54, 1.807) is 38.4 Å². The van der Waals surface area contributed by atoms with Crippen molar-refractivity contribution in [1.82, 2.24) is 24.6 Å². The van der Waals surface area contributed by atoms with Crippen LogP contribution in [0.3, 0.4) is 0 Å². The molecule has 288 valence electrons. The Morgan fingerprint density at radius 2 is 1.76 bits per heavy atom. The fourth-order valence-electron chi connectivity index (χ4n) is 6.84. The Bertz CT molecular complexity index is 2130. The number of hydrogen-bond acceptors (Lipinski definition) is 8. The lowest BCUT2D eigenvalue weighted by Crippen LogP contribution is -2.41. The van der Waals surface area contributed by atoms with Crippen LogP contribution in [0.5, 0.6) is 5.88 Å². The number of alkyl halides is 3. The Hall–Kier alpha value is -4.60. The highest BCUT2D eigenvalue weighted by Gasteiger charge is 2.32. The molecule has 0 spiro atoms. The smallest absolute Gasteiger partial charge is 0.393 e. The predicted molar refractivity (Wildman–Crippen MR) is 197 cm³/mol. The van der Waals surface area contributed by atoms with E-state index in [0.717, 1.165) is 38.5 Å². The number of likely N-dealkylation sites (tertiary alicyclic amines) is 1. The number of aromatic nitrogens is 3. The first-order valence-corrected chi connectivity index (χ1v) is 19.7. The number of pyridine rings is 1. The van der Waals surface area contributed by atoms with Crippen molar-refractivity contribution in [3.63, 3.8) is 0 Å². The first-order valence-electron chi connectivity index (χ1n) is 17.8. The second-order valence-electron chi connectivity index (χ2n) is 13.9. The molecule has 15 heteroatoms. The van der Waals surface area contributed by atoms with E-state index < -0.39 is 34.6 Å². The van der Waals surface area contributed by atoms with Gasteiger partial charge < -0.3 is 14.4 Å². The number of fused-ring (bicyclic) bond motifs is 1. The molecule has 0 saturated carbocycles. The monoisotopic (exact) mass is 769 g/mol. The van der Waals surface area contributed by atoms with E-state index in [2.05, 4.69) is 15.0 Å². The predicted octanol–water partition coefficient (Wildman–Crippen LogP) is 7.07. The molecule has 2 aromatic heterocycles. The summed E-state index contributed by atoms with van der Waals surface area (Å²) in [6.07, 6.45) is 3.19. The maximum Gasteiger partial charge on any atom is 0.393 e. The molecule has 1 unspecified atom stereocenters. The molecule has 54 heavy (non-hydrogen) atoms. The highest BCUT2D eigenvalue weighted by molar-refractivity contribution is 7.90. The summed E-state index contributed by atoms with van der Waals surface area (Å²) < 4.78 is 96.7. The summed E-state index contributed by atoms with van der Waals surface area (Å²) in [7, 11) is -0.247. The number of amides is 1. The number of piperidine rings is 1. The summed E-state index contributed by atoms with van der Waals surface area (Å²) >= 11 is 0. The van der Waals surface area contributed by atoms with Gasteiger partial charge in [0, 0.05) is 64.0 Å². The van der Waals surface area contributed by atoms with Gasteiger partial charge in [-0.1, -0.05) is 24.3 Å². The van der Waals surface area contributed by atoms with Crippen molar-refractivity contribution >= 4 is 37.8 Å². The number of rotatable bonds is 11. The molecule has 0 N–H and O–H groups in total. The Labute approximate surface area is 312 Å². The van der Waals surface area contributed by atoms with Crippen LogP contribution in [0.4, 0.5) is 17.6 Å². The number of halogens is 4. The van der Waals surface area contributed by atoms with Gasteiger partial charge in [-0.2, -0.15) is 17.6 Å². The largest absolute Gasteiger partial charge is 0.473 e. The van der Waals surface area contributed by atoms with Gasteiger partial charge in [0.25, 0.3) is 0 Å². The average Bonchev–Trinajstić information content (AvgIpc) is 3.47. The normalized spacial score (nSPS) is 19.2. The molecule has 2 saturated heterocycles. The van der Waals surface area contributed by atoms with Crippen molar-refractivity contribution in [1.29, 1.82) is 0 Å². The molecule has 10 nitrogen and oxygen atoms in total. The summed E-state index contributed by atoms with van der Waals surface area (Å²) in [5.41, 5.74) is 1.19. The summed E-state index contributed by atoms with van der Waals surface area (Å²) in [4.78, 5) is 20.0. The van der Waals surface area contributed by atoms with Gasteiger partial charge in [0.05, 0.1) is 22.2 Å². The quantitative estimate of drug-likeness (QED) is 0.0907. The minimum atomic E-state index is -4.66. The summed E-state index contributed by atoms with van der Waals surface area (Å²) in [5, 5.41) is 4.22. The number of likely N-dealkylation sites (N-methyl/N-ethyl adjacent to an activating group) is 1. The topological polar surface area (TPSA) is 107 Å². The van der Waals surface area contributed by atoms with Crippen LogP contribution in [0, 0.1) is 5.95 Å². The molecule has 0 aliphatic carbocycles. The first-order chi connectivity index (χ1) is 25.7. The molecule has 0 radical (unpaired) electrons. The van der Waals surface area contributed by atoms with E-state index in [4.69, 9.17) is 9.47 Å². The van der Waals surface area contributed by atoms with Gasteiger partial charge in [0.2, 0.25) is 17.7 Å². The van der Waals surface area contributed by atoms with Gasteiger partial charge >= 0.3 is 6.18 Å². The molecule has 4 aromatic rings. The molecular formula is C39H43F4N5O5S. The average molecular weight is 770 g/mol. The number of allylic oxidation sites excluding steroid dienone is 1. The van der Waals surface area contributed by atoms with Crippen LogP contribution in [0.25, 0.3) is 22.0 Å². The molecule has 2 atom stereocenters. The maximum atomic E-state index is 15.5. The van der Waals surface area contributed by atoms with Crippen LogP contribution in [0.15, 0.2) is 77.8 Å². The Morgan fingerprint density at radius 1 is 1.02 bits per heavy atom. The van der Waals surface area contributed by atoms with Gasteiger partial charge in [-0.15, -0.1) is 5.10 Å². The van der Waals surface area contributed by atoms with Crippen LogP contribution in [-0.2, 0) is 19.4 Å². The first kappa shape index (κ1) is 39.1. The fourth-order valence-corrected chi connectivity index (χ4v) is 7.47. The van der Waals surface area contributed by atoms with Crippen LogP contribution in [0.1, 0.15) is 61.4 Å².